The summed E-state index contributed by atoms with van der Waals surface area (Å²) >= 11 is 0. The minimum atomic E-state index is -4.42. The highest BCUT2D eigenvalue weighted by Gasteiger charge is 2.32. The van der Waals surface area contributed by atoms with Gasteiger partial charge in [-0.3, -0.25) is 9.69 Å². The third kappa shape index (κ3) is 4.79. The number of piperazine rings is 1. The topological polar surface area (TPSA) is 78.5 Å². The van der Waals surface area contributed by atoms with Crippen LogP contribution in [0, 0.1) is 13.8 Å². The number of carbonyl (C=O) groups excluding carboxylic acids is 2. The van der Waals surface area contributed by atoms with E-state index in [1.165, 1.54) is 6.07 Å². The number of pyridine rings is 1. The van der Waals surface area contributed by atoms with Crippen LogP contribution < -0.4 is 4.90 Å². The summed E-state index contributed by atoms with van der Waals surface area (Å²) in [5, 5.41) is 0. The average molecular weight is 452 g/mol. The molecule has 0 amide bonds. The molecule has 174 valence electrons. The van der Waals surface area contributed by atoms with Gasteiger partial charge in [0.05, 0.1) is 29.5 Å². The van der Waals surface area contributed by atoms with Crippen molar-refractivity contribution in [1.29, 1.82) is 0 Å². The predicted molar refractivity (Wildman–Crippen MR) is 113 cm³/mol. The fraction of sp³-hybridized carbons (Fsp3) is 0.500. The molecule has 0 unspecified atom stereocenters. The molecule has 0 spiro atoms. The molecule has 1 aliphatic rings. The molecule has 10 heteroatoms. The third-order valence-corrected chi connectivity index (χ3v) is 5.80. The van der Waals surface area contributed by atoms with E-state index in [0.29, 0.717) is 54.5 Å². The molecule has 1 atom stereocenters. The zero-order valence-electron chi connectivity index (χ0n) is 18.5. The monoisotopic (exact) mass is 452 g/mol. The molecule has 0 saturated carbocycles. The summed E-state index contributed by atoms with van der Waals surface area (Å²) in [5.74, 6) is -0.100. The summed E-state index contributed by atoms with van der Waals surface area (Å²) in [5.41, 5.74) is 1.17. The maximum atomic E-state index is 13.1. The van der Waals surface area contributed by atoms with Crippen LogP contribution in [-0.4, -0.2) is 65.4 Å². The standard InChI is InChI=1S/C22H27F3N4O3/c1-5-32-21(31)18-13(2)19(27-14(18)3)20(30)15(4)28-8-10-29(11-9-28)17-7-6-16(12-26-17)22(23,24)25/h6-7,12,15,27H,5,8-11H2,1-4H3/t15-/m0/s1. The number of halogens is 3. The van der Waals surface area contributed by atoms with Crippen LogP contribution in [0.15, 0.2) is 18.3 Å². The number of ether oxygens (including phenoxy) is 1. The van der Waals surface area contributed by atoms with E-state index in [1.54, 1.807) is 20.8 Å². The van der Waals surface area contributed by atoms with E-state index < -0.39 is 23.8 Å². The molecular formula is C22H27F3N4O3. The van der Waals surface area contributed by atoms with Crippen LogP contribution in [0.4, 0.5) is 19.0 Å². The Morgan fingerprint density at radius 2 is 1.84 bits per heavy atom. The van der Waals surface area contributed by atoms with E-state index in [4.69, 9.17) is 4.74 Å². The third-order valence-electron chi connectivity index (χ3n) is 5.80. The summed E-state index contributed by atoms with van der Waals surface area (Å²) in [4.78, 5) is 36.2. The molecule has 3 rings (SSSR count). The quantitative estimate of drug-likeness (QED) is 0.533. The second-order valence-corrected chi connectivity index (χ2v) is 7.81. The first-order valence-electron chi connectivity index (χ1n) is 10.5. The molecule has 1 fully saturated rings. The number of carbonyl (C=O) groups is 2. The van der Waals surface area contributed by atoms with Gasteiger partial charge in [-0.2, -0.15) is 13.2 Å². The fourth-order valence-corrected chi connectivity index (χ4v) is 3.96. The SMILES string of the molecule is CCOC(=O)c1c(C)[nH]c(C(=O)[C@H](C)N2CCN(c3ccc(C(F)(F)F)cn3)CC2)c1C. The van der Waals surface area contributed by atoms with Crippen molar-refractivity contribution in [3.63, 3.8) is 0 Å². The van der Waals surface area contributed by atoms with Crippen molar-refractivity contribution in [3.8, 4) is 0 Å². The molecule has 7 nitrogen and oxygen atoms in total. The molecule has 1 saturated heterocycles. The van der Waals surface area contributed by atoms with Crippen molar-refractivity contribution >= 4 is 17.6 Å². The second-order valence-electron chi connectivity index (χ2n) is 7.81. The van der Waals surface area contributed by atoms with Gasteiger partial charge in [0.1, 0.15) is 5.82 Å². The van der Waals surface area contributed by atoms with Gasteiger partial charge in [-0.25, -0.2) is 9.78 Å². The zero-order valence-corrected chi connectivity index (χ0v) is 18.5. The van der Waals surface area contributed by atoms with E-state index in [2.05, 4.69) is 9.97 Å². The van der Waals surface area contributed by atoms with E-state index in [0.717, 1.165) is 12.3 Å². The van der Waals surface area contributed by atoms with Gasteiger partial charge < -0.3 is 14.6 Å². The van der Waals surface area contributed by atoms with E-state index in [9.17, 15) is 22.8 Å². The number of hydrogen-bond acceptors (Lipinski definition) is 6. The first-order valence-corrected chi connectivity index (χ1v) is 10.5. The number of hydrogen-bond donors (Lipinski definition) is 1. The molecule has 0 bridgehead atoms. The van der Waals surface area contributed by atoms with Crippen molar-refractivity contribution in [2.24, 2.45) is 0 Å². The van der Waals surface area contributed by atoms with E-state index in [1.807, 2.05) is 16.7 Å². The average Bonchev–Trinajstić information content (AvgIpc) is 3.06. The molecule has 1 aliphatic heterocycles. The Morgan fingerprint density at radius 1 is 1.19 bits per heavy atom. The van der Waals surface area contributed by atoms with E-state index >= 15 is 0 Å². The fourth-order valence-electron chi connectivity index (χ4n) is 3.96. The van der Waals surface area contributed by atoms with Crippen LogP contribution in [0.5, 0.6) is 0 Å². The normalized spacial score (nSPS) is 16.2. The number of anilines is 1. The Bertz CT molecular complexity index is 978. The van der Waals surface area contributed by atoms with Crippen LogP contribution in [0.25, 0.3) is 0 Å². The molecular weight excluding hydrogens is 425 g/mol. The number of alkyl halides is 3. The molecule has 2 aromatic rings. The van der Waals surface area contributed by atoms with Crippen LogP contribution in [0.1, 0.15) is 51.5 Å². The first-order chi connectivity index (χ1) is 15.0. The largest absolute Gasteiger partial charge is 0.462 e. The molecule has 1 N–H and O–H groups in total. The molecule has 0 radical (unpaired) electrons. The predicted octanol–water partition coefficient (Wildman–Crippen LogP) is 3.62. The Hall–Kier alpha value is -2.88. The van der Waals surface area contributed by atoms with Crippen molar-refractivity contribution in [1.82, 2.24) is 14.9 Å². The Balaban J connectivity index is 1.65. The minimum Gasteiger partial charge on any atom is -0.462 e. The van der Waals surface area contributed by atoms with Gasteiger partial charge in [-0.15, -0.1) is 0 Å². The van der Waals surface area contributed by atoms with Gasteiger partial charge in [0.2, 0.25) is 0 Å². The van der Waals surface area contributed by atoms with Crippen molar-refractivity contribution in [3.05, 3.63) is 46.4 Å². The summed E-state index contributed by atoms with van der Waals surface area (Å²) in [6.45, 7) is 9.43. The number of rotatable bonds is 6. The van der Waals surface area contributed by atoms with Crippen LogP contribution >= 0.6 is 0 Å². The second kappa shape index (κ2) is 9.32. The maximum absolute atomic E-state index is 13.1. The number of esters is 1. The van der Waals surface area contributed by atoms with Crippen LogP contribution in [0.3, 0.4) is 0 Å². The zero-order chi connectivity index (χ0) is 23.6. The molecule has 2 aromatic heterocycles. The summed E-state index contributed by atoms with van der Waals surface area (Å²) < 4.78 is 43.3. The van der Waals surface area contributed by atoms with Crippen molar-refractivity contribution in [2.45, 2.75) is 39.9 Å². The molecule has 32 heavy (non-hydrogen) atoms. The summed E-state index contributed by atoms with van der Waals surface area (Å²) in [6, 6.07) is 1.97. The smallest absolute Gasteiger partial charge is 0.417 e. The number of nitrogens with one attached hydrogen (secondary N) is 1. The number of ketones is 1. The van der Waals surface area contributed by atoms with Crippen molar-refractivity contribution in [2.75, 3.05) is 37.7 Å². The van der Waals surface area contributed by atoms with Crippen molar-refractivity contribution < 1.29 is 27.5 Å². The minimum absolute atomic E-state index is 0.123. The maximum Gasteiger partial charge on any atom is 0.417 e. The molecule has 3 heterocycles. The van der Waals surface area contributed by atoms with Gasteiger partial charge in [0, 0.05) is 38.1 Å². The Kier molecular flexibility index (Phi) is 6.92. The summed E-state index contributed by atoms with van der Waals surface area (Å²) in [6.07, 6.45) is -3.58. The highest BCUT2D eigenvalue weighted by molar-refractivity contribution is 6.03. The number of nitrogens with zero attached hydrogens (tertiary/aromatic N) is 3. The number of aromatic amines is 1. The van der Waals surface area contributed by atoms with Crippen LogP contribution in [0.2, 0.25) is 0 Å². The molecule has 0 aromatic carbocycles. The van der Waals surface area contributed by atoms with Gasteiger partial charge in [-0.1, -0.05) is 0 Å². The number of aryl methyl sites for hydroxylation is 1. The van der Waals surface area contributed by atoms with Gasteiger partial charge in [0.25, 0.3) is 0 Å². The lowest BCUT2D eigenvalue weighted by molar-refractivity contribution is -0.137. The Labute approximate surface area is 184 Å². The van der Waals surface area contributed by atoms with Gasteiger partial charge in [-0.05, 0) is 45.4 Å². The highest BCUT2D eigenvalue weighted by atomic mass is 19.4. The lowest BCUT2D eigenvalue weighted by Gasteiger charge is -2.38. The lowest BCUT2D eigenvalue weighted by atomic mass is 10.0. The lowest BCUT2D eigenvalue weighted by Crippen LogP contribution is -2.52. The van der Waals surface area contributed by atoms with Crippen LogP contribution in [-0.2, 0) is 10.9 Å². The van der Waals surface area contributed by atoms with Gasteiger partial charge >= 0.3 is 12.1 Å². The number of Topliss-reactive ketones (excluding diaryl/α,β-unsaturated/α-hetero) is 1. The first kappa shape index (κ1) is 23.8. The highest BCUT2D eigenvalue weighted by Crippen LogP contribution is 2.29. The number of aromatic nitrogens is 2. The Morgan fingerprint density at radius 3 is 2.38 bits per heavy atom. The summed E-state index contributed by atoms with van der Waals surface area (Å²) in [7, 11) is 0. The molecule has 0 aliphatic carbocycles. The van der Waals surface area contributed by atoms with Gasteiger partial charge in [0.15, 0.2) is 5.78 Å². The van der Waals surface area contributed by atoms with E-state index in [-0.39, 0.29) is 12.4 Å². The number of H-pyrrole nitrogens is 1.